The molecule has 2 aromatic heterocycles. The van der Waals surface area contributed by atoms with E-state index in [0.717, 1.165) is 48.9 Å². The first-order valence-corrected chi connectivity index (χ1v) is 11.5. The minimum Gasteiger partial charge on any atom is -0.354 e. The average molecular weight is 466 g/mol. The predicted molar refractivity (Wildman–Crippen MR) is 134 cm³/mol. The van der Waals surface area contributed by atoms with Crippen molar-refractivity contribution in [2.75, 3.05) is 48.4 Å². The molecule has 34 heavy (non-hydrogen) atoms. The molecule has 1 saturated heterocycles. The number of amides is 2. The number of urea groups is 1. The van der Waals surface area contributed by atoms with Gasteiger partial charge in [0.05, 0.1) is 22.8 Å². The molecule has 3 aromatic rings. The van der Waals surface area contributed by atoms with Gasteiger partial charge in [-0.1, -0.05) is 31.5 Å². The Bertz CT molecular complexity index is 1150. The zero-order valence-corrected chi connectivity index (χ0v) is 20.2. The van der Waals surface area contributed by atoms with Crippen molar-refractivity contribution in [2.24, 2.45) is 0 Å². The second-order valence-electron chi connectivity index (χ2n) is 9.30. The van der Waals surface area contributed by atoms with Gasteiger partial charge in [-0.25, -0.2) is 14.5 Å². The summed E-state index contributed by atoms with van der Waals surface area (Å²) in [7, 11) is 0. The molecule has 180 valence electrons. The molecule has 0 bridgehead atoms. The van der Waals surface area contributed by atoms with Crippen LogP contribution in [0.25, 0.3) is 5.69 Å². The largest absolute Gasteiger partial charge is 0.354 e. The van der Waals surface area contributed by atoms with Gasteiger partial charge in [0.15, 0.2) is 0 Å². The SMILES string of the molecule is Cc1ccc(-n2nc(C(C)(C)CF)cc2NC(=O)Nc2ccc(N3CCNCC3)nc2C)cc1. The molecule has 3 heterocycles. The third-order valence-electron chi connectivity index (χ3n) is 6.02. The molecule has 1 aliphatic rings. The highest BCUT2D eigenvalue weighted by Gasteiger charge is 2.26. The number of aromatic nitrogens is 3. The monoisotopic (exact) mass is 465 g/mol. The van der Waals surface area contributed by atoms with Gasteiger partial charge in [-0.2, -0.15) is 5.10 Å². The number of nitrogens with zero attached hydrogens (tertiary/aromatic N) is 4. The van der Waals surface area contributed by atoms with Gasteiger partial charge in [-0.15, -0.1) is 0 Å². The van der Waals surface area contributed by atoms with E-state index in [4.69, 9.17) is 0 Å². The van der Waals surface area contributed by atoms with Gasteiger partial charge in [0.1, 0.15) is 18.3 Å². The molecule has 3 N–H and O–H groups in total. The smallest absolute Gasteiger partial charge is 0.324 e. The van der Waals surface area contributed by atoms with Crippen LogP contribution >= 0.6 is 0 Å². The second kappa shape index (κ2) is 9.80. The number of anilines is 3. The van der Waals surface area contributed by atoms with Gasteiger partial charge >= 0.3 is 6.03 Å². The molecule has 0 spiro atoms. The van der Waals surface area contributed by atoms with Crippen molar-refractivity contribution in [1.29, 1.82) is 0 Å². The molecule has 0 unspecified atom stereocenters. The van der Waals surface area contributed by atoms with Crippen LogP contribution in [-0.4, -0.2) is 53.6 Å². The van der Waals surface area contributed by atoms with Crippen molar-refractivity contribution in [3.63, 3.8) is 0 Å². The van der Waals surface area contributed by atoms with E-state index in [1.165, 1.54) is 0 Å². The summed E-state index contributed by atoms with van der Waals surface area (Å²) < 4.78 is 15.3. The number of hydrogen-bond donors (Lipinski definition) is 3. The van der Waals surface area contributed by atoms with Crippen LogP contribution in [0, 0.1) is 13.8 Å². The highest BCUT2D eigenvalue weighted by atomic mass is 19.1. The molecule has 2 amide bonds. The number of hydrogen-bond acceptors (Lipinski definition) is 5. The Morgan fingerprint density at radius 2 is 1.79 bits per heavy atom. The molecule has 0 aliphatic carbocycles. The highest BCUT2D eigenvalue weighted by molar-refractivity contribution is 5.99. The molecule has 9 heteroatoms. The van der Waals surface area contributed by atoms with Crippen LogP contribution in [0.1, 0.15) is 30.8 Å². The first-order valence-electron chi connectivity index (χ1n) is 11.5. The molecular formula is C25H32FN7O. The maximum atomic E-state index is 13.7. The number of carbonyl (C=O) groups excluding carboxylic acids is 1. The number of carbonyl (C=O) groups is 1. The summed E-state index contributed by atoms with van der Waals surface area (Å²) >= 11 is 0. The average Bonchev–Trinajstić information content (AvgIpc) is 3.26. The summed E-state index contributed by atoms with van der Waals surface area (Å²) in [5, 5.41) is 13.7. The van der Waals surface area contributed by atoms with Crippen molar-refractivity contribution in [1.82, 2.24) is 20.1 Å². The van der Waals surface area contributed by atoms with Crippen LogP contribution in [0.15, 0.2) is 42.5 Å². The number of nitrogens with one attached hydrogen (secondary N) is 3. The molecule has 1 fully saturated rings. The van der Waals surface area contributed by atoms with E-state index in [-0.39, 0.29) is 0 Å². The number of benzene rings is 1. The molecule has 0 radical (unpaired) electrons. The van der Waals surface area contributed by atoms with Crippen LogP contribution in [0.3, 0.4) is 0 Å². The lowest BCUT2D eigenvalue weighted by Crippen LogP contribution is -2.43. The number of aryl methyl sites for hydroxylation is 2. The number of rotatable bonds is 6. The van der Waals surface area contributed by atoms with E-state index in [1.54, 1.807) is 24.6 Å². The van der Waals surface area contributed by atoms with Crippen molar-refractivity contribution in [2.45, 2.75) is 33.1 Å². The van der Waals surface area contributed by atoms with E-state index >= 15 is 0 Å². The van der Waals surface area contributed by atoms with E-state index in [9.17, 15) is 9.18 Å². The standard InChI is InChI=1S/C25H32FN7O/c1-17-5-7-19(8-6-17)33-23(15-21(31-33)25(3,4)16-26)30-24(34)29-20-9-10-22(28-18(20)2)32-13-11-27-12-14-32/h5-10,15,27H,11-14,16H2,1-4H3,(H2,29,30,34). The van der Waals surface area contributed by atoms with E-state index in [2.05, 4.69) is 30.9 Å². The van der Waals surface area contributed by atoms with Crippen molar-refractivity contribution in [3.8, 4) is 5.69 Å². The Labute approximate surface area is 199 Å². The number of halogens is 1. The Balaban J connectivity index is 1.54. The zero-order chi connectivity index (χ0) is 24.3. The van der Waals surface area contributed by atoms with Crippen LogP contribution in [0.5, 0.6) is 0 Å². The molecule has 1 aliphatic heterocycles. The normalized spacial score (nSPS) is 14.2. The van der Waals surface area contributed by atoms with E-state index in [1.807, 2.05) is 50.2 Å². The highest BCUT2D eigenvalue weighted by Crippen LogP contribution is 2.28. The summed E-state index contributed by atoms with van der Waals surface area (Å²) in [4.78, 5) is 19.8. The lowest BCUT2D eigenvalue weighted by atomic mass is 9.91. The topological polar surface area (TPSA) is 87.1 Å². The van der Waals surface area contributed by atoms with Crippen molar-refractivity contribution in [3.05, 3.63) is 59.4 Å². The summed E-state index contributed by atoms with van der Waals surface area (Å²) in [5.74, 6) is 1.36. The first kappa shape index (κ1) is 23.7. The fourth-order valence-corrected chi connectivity index (χ4v) is 3.77. The molecule has 0 saturated carbocycles. The Morgan fingerprint density at radius 3 is 2.44 bits per heavy atom. The number of piperazine rings is 1. The maximum absolute atomic E-state index is 13.7. The van der Waals surface area contributed by atoms with Gasteiger partial charge in [0.2, 0.25) is 0 Å². The van der Waals surface area contributed by atoms with Crippen LogP contribution < -0.4 is 20.9 Å². The molecule has 1 aromatic carbocycles. The molecule has 8 nitrogen and oxygen atoms in total. The summed E-state index contributed by atoms with van der Waals surface area (Å²) in [6.45, 7) is 10.5. The Kier molecular flexibility index (Phi) is 6.83. The van der Waals surface area contributed by atoms with Gasteiger partial charge in [-0.3, -0.25) is 9.71 Å². The van der Waals surface area contributed by atoms with Gasteiger partial charge in [0.25, 0.3) is 0 Å². The van der Waals surface area contributed by atoms with Crippen molar-refractivity contribution < 1.29 is 9.18 Å². The zero-order valence-electron chi connectivity index (χ0n) is 20.2. The van der Waals surface area contributed by atoms with E-state index < -0.39 is 18.1 Å². The summed E-state index contributed by atoms with van der Waals surface area (Å²) in [6.07, 6.45) is 0. The lowest BCUT2D eigenvalue weighted by Gasteiger charge is -2.28. The minimum absolute atomic E-state index is 0.419. The second-order valence-corrected chi connectivity index (χ2v) is 9.30. The predicted octanol–water partition coefficient (Wildman–Crippen LogP) is 4.18. The number of pyridine rings is 1. The molecule has 4 rings (SSSR count). The summed E-state index contributed by atoms with van der Waals surface area (Å²) in [5.41, 5.74) is 3.03. The van der Waals surface area contributed by atoms with Crippen LogP contribution in [0.2, 0.25) is 0 Å². The van der Waals surface area contributed by atoms with Crippen LogP contribution in [0.4, 0.5) is 26.5 Å². The Morgan fingerprint density at radius 1 is 1.09 bits per heavy atom. The minimum atomic E-state index is -0.775. The quantitative estimate of drug-likeness (QED) is 0.508. The van der Waals surface area contributed by atoms with Gasteiger partial charge in [-0.05, 0) is 38.1 Å². The first-order chi connectivity index (χ1) is 16.3. The molecule has 0 atom stereocenters. The number of alkyl halides is 1. The fourth-order valence-electron chi connectivity index (χ4n) is 3.77. The third kappa shape index (κ3) is 5.20. The lowest BCUT2D eigenvalue weighted by molar-refractivity contribution is 0.262. The van der Waals surface area contributed by atoms with Gasteiger partial charge in [0, 0.05) is 37.7 Å². The molecular weight excluding hydrogens is 433 g/mol. The maximum Gasteiger partial charge on any atom is 0.324 e. The third-order valence-corrected chi connectivity index (χ3v) is 6.02. The van der Waals surface area contributed by atoms with Crippen molar-refractivity contribution >= 4 is 23.4 Å². The van der Waals surface area contributed by atoms with Crippen LogP contribution in [-0.2, 0) is 5.41 Å². The fraction of sp³-hybridized carbons (Fsp3) is 0.400. The van der Waals surface area contributed by atoms with Gasteiger partial charge < -0.3 is 15.5 Å². The Hall–Kier alpha value is -3.46. The summed E-state index contributed by atoms with van der Waals surface area (Å²) in [6, 6.07) is 12.9. The van der Waals surface area contributed by atoms with E-state index in [0.29, 0.717) is 17.2 Å².